The first kappa shape index (κ1) is 15.1. The molecular formula is C17H13F3N2O. The van der Waals surface area contributed by atoms with Crippen LogP contribution >= 0.6 is 0 Å². The largest absolute Gasteiger partial charge is 0.419 e. The number of halogens is 3. The molecule has 0 fully saturated rings. The number of carbonyl (C=O) groups excluding carboxylic acids is 1. The lowest BCUT2D eigenvalue weighted by Crippen LogP contribution is -2.22. The molecule has 118 valence electrons. The summed E-state index contributed by atoms with van der Waals surface area (Å²) in [5.74, 6) is -1.09. The van der Waals surface area contributed by atoms with Crippen molar-refractivity contribution in [3.8, 4) is 0 Å². The van der Waals surface area contributed by atoms with Crippen LogP contribution in [-0.2, 0) is 12.7 Å². The smallest absolute Gasteiger partial charge is 0.364 e. The Morgan fingerprint density at radius 2 is 1.61 bits per heavy atom. The van der Waals surface area contributed by atoms with Gasteiger partial charge in [0.2, 0.25) is 0 Å². The van der Waals surface area contributed by atoms with E-state index in [0.29, 0.717) is 5.52 Å². The van der Waals surface area contributed by atoms with Crippen LogP contribution < -0.4 is 5.73 Å². The minimum absolute atomic E-state index is 0.0234. The molecule has 2 N–H and O–H groups in total. The zero-order chi connectivity index (χ0) is 16.6. The van der Waals surface area contributed by atoms with Crippen LogP contribution in [0.4, 0.5) is 13.2 Å². The van der Waals surface area contributed by atoms with Gasteiger partial charge in [0.1, 0.15) is 5.69 Å². The van der Waals surface area contributed by atoms with Gasteiger partial charge in [0.05, 0.1) is 5.56 Å². The predicted octanol–water partition coefficient (Wildman–Crippen LogP) is 3.81. The highest BCUT2D eigenvalue weighted by molar-refractivity contribution is 6.01. The van der Waals surface area contributed by atoms with Gasteiger partial charge in [0.25, 0.3) is 5.91 Å². The maximum atomic E-state index is 13.5. The number of alkyl halides is 3. The predicted molar refractivity (Wildman–Crippen MR) is 81.0 cm³/mol. The van der Waals surface area contributed by atoms with E-state index < -0.39 is 23.3 Å². The number of rotatable bonds is 3. The van der Waals surface area contributed by atoms with E-state index in [1.165, 1.54) is 16.7 Å². The highest BCUT2D eigenvalue weighted by atomic mass is 19.4. The van der Waals surface area contributed by atoms with Gasteiger partial charge in [-0.15, -0.1) is 0 Å². The molecule has 0 aliphatic carbocycles. The summed E-state index contributed by atoms with van der Waals surface area (Å²) in [6, 6.07) is 15.0. The molecule has 2 aromatic carbocycles. The summed E-state index contributed by atoms with van der Waals surface area (Å²) in [5.41, 5.74) is 4.90. The van der Waals surface area contributed by atoms with E-state index >= 15 is 0 Å². The Bertz CT molecular complexity index is 867. The molecule has 23 heavy (non-hydrogen) atoms. The van der Waals surface area contributed by atoms with E-state index in [4.69, 9.17) is 5.73 Å². The number of hydrogen-bond donors (Lipinski definition) is 1. The Morgan fingerprint density at radius 1 is 1.00 bits per heavy atom. The number of hydrogen-bond acceptors (Lipinski definition) is 1. The topological polar surface area (TPSA) is 48.0 Å². The van der Waals surface area contributed by atoms with Crippen molar-refractivity contribution < 1.29 is 18.0 Å². The number of carbonyl (C=O) groups is 1. The van der Waals surface area contributed by atoms with Gasteiger partial charge in [0.15, 0.2) is 0 Å². The van der Waals surface area contributed by atoms with Crippen molar-refractivity contribution in [1.29, 1.82) is 0 Å². The molecule has 0 saturated carbocycles. The van der Waals surface area contributed by atoms with Crippen LogP contribution in [0.25, 0.3) is 10.9 Å². The number of fused-ring (bicyclic) bond motifs is 1. The Labute approximate surface area is 130 Å². The van der Waals surface area contributed by atoms with Crippen LogP contribution in [0.2, 0.25) is 0 Å². The molecule has 0 bridgehead atoms. The standard InChI is InChI=1S/C17H13F3N2O/c18-17(19,20)14-12-8-4-5-9-13(12)22(15(14)16(21)23)10-11-6-2-1-3-7-11/h1-9H,10H2,(H2,21,23). The zero-order valence-corrected chi connectivity index (χ0v) is 12.0. The Morgan fingerprint density at radius 3 is 2.22 bits per heavy atom. The monoisotopic (exact) mass is 318 g/mol. The molecule has 0 unspecified atom stereocenters. The van der Waals surface area contributed by atoms with Crippen LogP contribution in [-0.4, -0.2) is 10.5 Å². The first-order chi connectivity index (χ1) is 10.9. The molecule has 1 aromatic heterocycles. The lowest BCUT2D eigenvalue weighted by Gasteiger charge is -2.11. The average molecular weight is 318 g/mol. The van der Waals surface area contributed by atoms with Gasteiger partial charge >= 0.3 is 6.18 Å². The first-order valence-electron chi connectivity index (χ1n) is 6.91. The van der Waals surface area contributed by atoms with Gasteiger partial charge in [-0.1, -0.05) is 48.5 Å². The third-order valence-electron chi connectivity index (χ3n) is 3.67. The van der Waals surface area contributed by atoms with E-state index in [9.17, 15) is 18.0 Å². The molecule has 3 nitrogen and oxygen atoms in total. The fourth-order valence-electron chi connectivity index (χ4n) is 2.78. The average Bonchev–Trinajstić information content (AvgIpc) is 2.83. The van der Waals surface area contributed by atoms with Crippen molar-refractivity contribution in [2.24, 2.45) is 5.73 Å². The third kappa shape index (κ3) is 2.67. The number of aromatic nitrogens is 1. The zero-order valence-electron chi connectivity index (χ0n) is 12.0. The van der Waals surface area contributed by atoms with Gasteiger partial charge in [-0.3, -0.25) is 4.79 Å². The van der Waals surface area contributed by atoms with Gasteiger partial charge in [0, 0.05) is 17.4 Å². The van der Waals surface area contributed by atoms with Crippen LogP contribution in [0.3, 0.4) is 0 Å². The number of nitrogens with zero attached hydrogens (tertiary/aromatic N) is 1. The Hall–Kier alpha value is -2.76. The molecule has 0 saturated heterocycles. The van der Waals surface area contributed by atoms with Crippen molar-refractivity contribution in [3.05, 3.63) is 71.4 Å². The highest BCUT2D eigenvalue weighted by Crippen LogP contribution is 2.39. The van der Waals surface area contributed by atoms with E-state index in [2.05, 4.69) is 0 Å². The van der Waals surface area contributed by atoms with E-state index in [1.807, 2.05) is 6.07 Å². The minimum Gasteiger partial charge on any atom is -0.364 e. The van der Waals surface area contributed by atoms with Crippen LogP contribution in [0.1, 0.15) is 21.6 Å². The maximum absolute atomic E-state index is 13.5. The second kappa shape index (κ2) is 5.46. The maximum Gasteiger partial charge on any atom is 0.419 e. The molecule has 0 aliphatic rings. The lowest BCUT2D eigenvalue weighted by atomic mass is 10.1. The third-order valence-corrected chi connectivity index (χ3v) is 3.67. The number of nitrogens with two attached hydrogens (primary N) is 1. The SMILES string of the molecule is NC(=O)c1c(C(F)(F)F)c2ccccc2n1Cc1ccccc1. The number of para-hydroxylation sites is 1. The Kier molecular flexibility index (Phi) is 3.60. The summed E-state index contributed by atoms with van der Waals surface area (Å²) >= 11 is 0. The number of primary amides is 1. The van der Waals surface area contributed by atoms with E-state index in [0.717, 1.165) is 5.56 Å². The molecule has 3 aromatic rings. The summed E-state index contributed by atoms with van der Waals surface area (Å²) < 4.78 is 41.7. The van der Waals surface area contributed by atoms with Gasteiger partial charge in [-0.05, 0) is 11.6 Å². The fraction of sp³-hybridized carbons (Fsp3) is 0.118. The quantitative estimate of drug-likeness (QED) is 0.784. The molecule has 0 atom stereocenters. The first-order valence-corrected chi connectivity index (χ1v) is 6.91. The van der Waals surface area contributed by atoms with Crippen LogP contribution in [0.5, 0.6) is 0 Å². The summed E-state index contributed by atoms with van der Waals surface area (Å²) in [5, 5.41) is -0.0234. The molecule has 0 radical (unpaired) electrons. The molecule has 0 spiro atoms. The summed E-state index contributed by atoms with van der Waals surface area (Å²) in [4.78, 5) is 11.8. The van der Waals surface area contributed by atoms with Crippen molar-refractivity contribution in [2.75, 3.05) is 0 Å². The molecule has 1 heterocycles. The van der Waals surface area contributed by atoms with Gasteiger partial charge in [-0.25, -0.2) is 0 Å². The van der Waals surface area contributed by atoms with Crippen molar-refractivity contribution in [2.45, 2.75) is 12.7 Å². The van der Waals surface area contributed by atoms with Gasteiger partial charge in [-0.2, -0.15) is 13.2 Å². The molecule has 1 amide bonds. The van der Waals surface area contributed by atoms with E-state index in [1.54, 1.807) is 36.4 Å². The van der Waals surface area contributed by atoms with Crippen LogP contribution in [0, 0.1) is 0 Å². The molecule has 0 aliphatic heterocycles. The van der Waals surface area contributed by atoms with Gasteiger partial charge < -0.3 is 10.3 Å². The second-order valence-electron chi connectivity index (χ2n) is 5.17. The highest BCUT2D eigenvalue weighted by Gasteiger charge is 2.40. The fourth-order valence-corrected chi connectivity index (χ4v) is 2.78. The summed E-state index contributed by atoms with van der Waals surface area (Å²) in [6.07, 6.45) is -4.66. The van der Waals surface area contributed by atoms with Crippen LogP contribution in [0.15, 0.2) is 54.6 Å². The number of benzene rings is 2. The summed E-state index contributed by atoms with van der Waals surface area (Å²) in [6.45, 7) is 0.135. The second-order valence-corrected chi connectivity index (χ2v) is 5.17. The van der Waals surface area contributed by atoms with E-state index in [-0.39, 0.29) is 11.9 Å². The Balaban J connectivity index is 2.32. The summed E-state index contributed by atoms with van der Waals surface area (Å²) in [7, 11) is 0. The molecular weight excluding hydrogens is 305 g/mol. The van der Waals surface area contributed by atoms with Crippen molar-refractivity contribution in [3.63, 3.8) is 0 Å². The van der Waals surface area contributed by atoms with Crippen molar-refractivity contribution >= 4 is 16.8 Å². The molecule has 3 rings (SSSR count). The number of amides is 1. The minimum atomic E-state index is -4.66. The van der Waals surface area contributed by atoms with Crippen molar-refractivity contribution in [1.82, 2.24) is 4.57 Å². The molecule has 6 heteroatoms. The lowest BCUT2D eigenvalue weighted by molar-refractivity contribution is -0.136. The normalized spacial score (nSPS) is 11.8.